The fourth-order valence-corrected chi connectivity index (χ4v) is 3.72. The Morgan fingerprint density at radius 3 is 2.22 bits per heavy atom. The van der Waals surface area contributed by atoms with Crippen molar-refractivity contribution in [2.24, 2.45) is 5.14 Å². The van der Waals surface area contributed by atoms with Crippen LogP contribution >= 0.6 is 31.9 Å². The van der Waals surface area contributed by atoms with Crippen molar-refractivity contribution >= 4 is 41.9 Å². The Hall–Kier alpha value is -0.110. The van der Waals surface area contributed by atoms with Gasteiger partial charge in [0.1, 0.15) is 5.75 Å². The topological polar surface area (TPSA) is 69.4 Å². The fourth-order valence-electron chi connectivity index (χ4n) is 1.48. The number of hydrogen-bond acceptors (Lipinski definition) is 3. The predicted octanol–water partition coefficient (Wildman–Crippen LogP) is 3.43. The van der Waals surface area contributed by atoms with Crippen molar-refractivity contribution in [2.75, 3.05) is 0 Å². The highest BCUT2D eigenvalue weighted by atomic mass is 79.9. The molecule has 0 aliphatic heterocycles. The first-order valence-corrected chi connectivity index (χ1v) is 8.57. The average molecular weight is 401 g/mol. The van der Waals surface area contributed by atoms with Gasteiger partial charge < -0.3 is 4.74 Å². The first kappa shape index (κ1) is 15.9. The van der Waals surface area contributed by atoms with Gasteiger partial charge in [-0.05, 0) is 57.3 Å². The highest BCUT2D eigenvalue weighted by molar-refractivity contribution is 9.11. The largest absolute Gasteiger partial charge is 0.488 e. The van der Waals surface area contributed by atoms with E-state index in [0.717, 1.165) is 12.8 Å². The van der Waals surface area contributed by atoms with Gasteiger partial charge in [0.25, 0.3) is 0 Å². The number of sulfonamides is 1. The number of ether oxygens (including phenoxy) is 1. The third-order valence-electron chi connectivity index (χ3n) is 2.31. The Morgan fingerprint density at radius 1 is 1.33 bits per heavy atom. The lowest BCUT2D eigenvalue weighted by molar-refractivity contribution is 0.207. The van der Waals surface area contributed by atoms with Gasteiger partial charge in [-0.25, -0.2) is 13.6 Å². The summed E-state index contributed by atoms with van der Waals surface area (Å²) in [6, 6.07) is 2.88. The van der Waals surface area contributed by atoms with E-state index in [2.05, 4.69) is 38.8 Å². The molecule has 0 radical (unpaired) electrons. The molecule has 1 atom stereocenters. The number of benzene rings is 1. The second-order valence-corrected chi connectivity index (χ2v) is 7.25. The summed E-state index contributed by atoms with van der Waals surface area (Å²) in [6.45, 7) is 4.05. The summed E-state index contributed by atoms with van der Waals surface area (Å²) in [6.07, 6.45) is 2.00. The molecule has 2 N–H and O–H groups in total. The average Bonchev–Trinajstić information content (AvgIpc) is 2.22. The van der Waals surface area contributed by atoms with Crippen molar-refractivity contribution in [3.8, 4) is 5.75 Å². The van der Waals surface area contributed by atoms with E-state index in [0.29, 0.717) is 14.7 Å². The number of hydrogen-bond donors (Lipinski definition) is 1. The van der Waals surface area contributed by atoms with E-state index in [-0.39, 0.29) is 11.0 Å². The van der Waals surface area contributed by atoms with Gasteiger partial charge in [0.05, 0.1) is 19.9 Å². The molecule has 4 nitrogen and oxygen atoms in total. The molecule has 102 valence electrons. The fraction of sp³-hybridized carbons (Fsp3) is 0.455. The quantitative estimate of drug-likeness (QED) is 0.822. The van der Waals surface area contributed by atoms with Crippen molar-refractivity contribution in [2.45, 2.75) is 37.7 Å². The third-order valence-corrected chi connectivity index (χ3v) is 4.39. The molecule has 1 aromatic rings. The zero-order chi connectivity index (χ0) is 13.9. The van der Waals surface area contributed by atoms with Crippen LogP contribution in [0.4, 0.5) is 0 Å². The minimum absolute atomic E-state index is 0.0387. The highest BCUT2D eigenvalue weighted by Crippen LogP contribution is 2.36. The van der Waals surface area contributed by atoms with Crippen LogP contribution in [0.15, 0.2) is 26.0 Å². The van der Waals surface area contributed by atoms with Crippen molar-refractivity contribution in [3.63, 3.8) is 0 Å². The molecule has 1 unspecified atom stereocenters. The van der Waals surface area contributed by atoms with E-state index in [4.69, 9.17) is 9.88 Å². The Balaban J connectivity index is 3.09. The molecule has 18 heavy (non-hydrogen) atoms. The molecule has 0 aliphatic carbocycles. The first-order valence-electron chi connectivity index (χ1n) is 5.44. The monoisotopic (exact) mass is 399 g/mol. The maximum Gasteiger partial charge on any atom is 0.238 e. The van der Waals surface area contributed by atoms with Crippen LogP contribution in [0.5, 0.6) is 5.75 Å². The van der Waals surface area contributed by atoms with E-state index in [9.17, 15) is 8.42 Å². The molecule has 0 heterocycles. The number of nitrogens with two attached hydrogens (primary N) is 1. The lowest BCUT2D eigenvalue weighted by atomic mass is 10.2. The summed E-state index contributed by atoms with van der Waals surface area (Å²) in [7, 11) is -3.72. The predicted molar refractivity (Wildman–Crippen MR) is 78.2 cm³/mol. The minimum Gasteiger partial charge on any atom is -0.488 e. The van der Waals surface area contributed by atoms with E-state index < -0.39 is 10.0 Å². The molecule has 0 amide bonds. The highest BCUT2D eigenvalue weighted by Gasteiger charge is 2.16. The van der Waals surface area contributed by atoms with Crippen LogP contribution in [0.2, 0.25) is 0 Å². The minimum atomic E-state index is -3.72. The van der Waals surface area contributed by atoms with Crippen LogP contribution in [-0.4, -0.2) is 14.5 Å². The van der Waals surface area contributed by atoms with Gasteiger partial charge in [-0.3, -0.25) is 0 Å². The smallest absolute Gasteiger partial charge is 0.238 e. The van der Waals surface area contributed by atoms with Gasteiger partial charge >= 0.3 is 0 Å². The lowest BCUT2D eigenvalue weighted by Crippen LogP contribution is -2.14. The van der Waals surface area contributed by atoms with E-state index in [1.807, 2.05) is 6.92 Å². The number of rotatable bonds is 5. The van der Waals surface area contributed by atoms with Gasteiger partial charge in [-0.2, -0.15) is 0 Å². The molecule has 0 saturated heterocycles. The zero-order valence-corrected chi connectivity index (χ0v) is 14.1. The van der Waals surface area contributed by atoms with Crippen LogP contribution in [0.3, 0.4) is 0 Å². The molecule has 0 fully saturated rings. The standard InChI is InChI=1S/C11H15Br2NO3S/c1-3-4-7(2)17-11-9(12)5-8(6-10(11)13)18(14,15)16/h5-7H,3-4H2,1-2H3,(H2,14,15,16). The molecule has 1 aromatic carbocycles. The molecule has 1 rings (SSSR count). The second kappa shape index (κ2) is 6.36. The molecule has 7 heteroatoms. The van der Waals surface area contributed by atoms with E-state index in [1.54, 1.807) is 0 Å². The molecule has 0 saturated carbocycles. The third kappa shape index (κ3) is 4.22. The summed E-state index contributed by atoms with van der Waals surface area (Å²) >= 11 is 6.59. The Labute approximate surface area is 124 Å². The van der Waals surface area contributed by atoms with Crippen molar-refractivity contribution < 1.29 is 13.2 Å². The Bertz CT molecular complexity index is 508. The number of halogens is 2. The summed E-state index contributed by atoms with van der Waals surface area (Å²) in [4.78, 5) is 0.0387. The van der Waals surface area contributed by atoms with Gasteiger partial charge in [0.2, 0.25) is 10.0 Å². The molecule has 0 spiro atoms. The van der Waals surface area contributed by atoms with Crippen molar-refractivity contribution in [1.29, 1.82) is 0 Å². The van der Waals surface area contributed by atoms with Crippen LogP contribution in [0.25, 0.3) is 0 Å². The summed E-state index contributed by atoms with van der Waals surface area (Å²) in [5.41, 5.74) is 0. The second-order valence-electron chi connectivity index (χ2n) is 3.98. The SMILES string of the molecule is CCCC(C)Oc1c(Br)cc(S(N)(=O)=O)cc1Br. The van der Waals surface area contributed by atoms with Crippen molar-refractivity contribution in [1.82, 2.24) is 0 Å². The molecule has 0 aromatic heterocycles. The normalized spacial score (nSPS) is 13.4. The maximum atomic E-state index is 11.3. The lowest BCUT2D eigenvalue weighted by Gasteiger charge is -2.17. The van der Waals surface area contributed by atoms with Crippen LogP contribution < -0.4 is 9.88 Å². The molecular weight excluding hydrogens is 386 g/mol. The molecular formula is C11H15Br2NO3S. The van der Waals surface area contributed by atoms with Crippen molar-refractivity contribution in [3.05, 3.63) is 21.1 Å². The van der Waals surface area contributed by atoms with Gasteiger partial charge in [0, 0.05) is 0 Å². The molecule has 0 aliphatic rings. The summed E-state index contributed by atoms with van der Waals surface area (Å²) in [5, 5.41) is 5.08. The van der Waals surface area contributed by atoms with Gasteiger partial charge in [-0.15, -0.1) is 0 Å². The Morgan fingerprint density at radius 2 is 1.83 bits per heavy atom. The summed E-state index contributed by atoms with van der Waals surface area (Å²) in [5.74, 6) is 0.586. The van der Waals surface area contributed by atoms with E-state index in [1.165, 1.54) is 12.1 Å². The van der Waals surface area contributed by atoms with E-state index >= 15 is 0 Å². The summed E-state index contributed by atoms with van der Waals surface area (Å²) < 4.78 is 29.4. The number of primary sulfonamides is 1. The Kier molecular flexibility index (Phi) is 5.64. The maximum absolute atomic E-state index is 11.3. The molecule has 0 bridgehead atoms. The van der Waals surface area contributed by atoms with Crippen LogP contribution in [0, 0.1) is 0 Å². The van der Waals surface area contributed by atoms with Gasteiger partial charge in [0.15, 0.2) is 0 Å². The van der Waals surface area contributed by atoms with Crippen LogP contribution in [-0.2, 0) is 10.0 Å². The zero-order valence-electron chi connectivity index (χ0n) is 10.1. The van der Waals surface area contributed by atoms with Gasteiger partial charge in [-0.1, -0.05) is 13.3 Å². The first-order chi connectivity index (χ1) is 8.25. The van der Waals surface area contributed by atoms with Crippen LogP contribution in [0.1, 0.15) is 26.7 Å².